The van der Waals surface area contributed by atoms with Crippen LogP contribution in [0.1, 0.15) is 56.8 Å². The van der Waals surface area contributed by atoms with Crippen molar-refractivity contribution in [3.8, 4) is 5.75 Å². The van der Waals surface area contributed by atoms with Gasteiger partial charge in [0.25, 0.3) is 0 Å². The summed E-state index contributed by atoms with van der Waals surface area (Å²) in [5, 5.41) is 0.186. The first-order valence-electron chi connectivity index (χ1n) is 8.01. The summed E-state index contributed by atoms with van der Waals surface area (Å²) in [7, 11) is -1.80. The molecule has 1 aromatic carbocycles. The predicted molar refractivity (Wildman–Crippen MR) is 90.6 cm³/mol. The Balaban J connectivity index is 2.00. The van der Waals surface area contributed by atoms with Gasteiger partial charge in [-0.1, -0.05) is 40.0 Å². The zero-order chi connectivity index (χ0) is 15.7. The number of carbonyl (C=O) groups is 1. The van der Waals surface area contributed by atoms with Gasteiger partial charge in [-0.05, 0) is 48.3 Å². The van der Waals surface area contributed by atoms with Crippen molar-refractivity contribution in [2.45, 2.75) is 64.6 Å². The van der Waals surface area contributed by atoms with Gasteiger partial charge in [0, 0.05) is 12.0 Å². The molecule has 1 aliphatic carbocycles. The van der Waals surface area contributed by atoms with Gasteiger partial charge in [0.1, 0.15) is 5.75 Å². The summed E-state index contributed by atoms with van der Waals surface area (Å²) in [6.45, 7) is 11.2. The molecule has 0 atom stereocenters. The topological polar surface area (TPSA) is 26.3 Å². The van der Waals surface area contributed by atoms with Gasteiger partial charge in [0.2, 0.25) is 8.32 Å². The van der Waals surface area contributed by atoms with E-state index in [1.54, 1.807) is 0 Å². The van der Waals surface area contributed by atoms with Gasteiger partial charge in [0.15, 0.2) is 5.78 Å². The zero-order valence-electron chi connectivity index (χ0n) is 14.0. The maximum absolute atomic E-state index is 12.2. The van der Waals surface area contributed by atoms with Gasteiger partial charge in [-0.15, -0.1) is 0 Å². The minimum Gasteiger partial charge on any atom is -0.544 e. The van der Waals surface area contributed by atoms with Crippen LogP contribution in [-0.2, 0) is 0 Å². The maximum atomic E-state index is 12.2. The van der Waals surface area contributed by atoms with Crippen molar-refractivity contribution < 1.29 is 9.22 Å². The number of hydrogen-bond acceptors (Lipinski definition) is 2. The Bertz CT molecular complexity index is 493. The highest BCUT2D eigenvalue weighted by atomic mass is 28.4. The molecule has 2 nitrogen and oxygen atoms in total. The van der Waals surface area contributed by atoms with Crippen LogP contribution in [0.25, 0.3) is 0 Å². The lowest BCUT2D eigenvalue weighted by atomic mass is 9.81. The molecule has 1 saturated carbocycles. The van der Waals surface area contributed by atoms with Crippen LogP contribution in [-0.4, -0.2) is 14.1 Å². The van der Waals surface area contributed by atoms with E-state index < -0.39 is 8.32 Å². The van der Waals surface area contributed by atoms with E-state index in [0.29, 0.717) is 12.3 Å². The zero-order valence-corrected chi connectivity index (χ0v) is 15.0. The first kappa shape index (κ1) is 16.3. The molecule has 1 aromatic rings. The highest BCUT2D eigenvalue weighted by Crippen LogP contribution is 2.37. The van der Waals surface area contributed by atoms with Crippen LogP contribution < -0.4 is 4.43 Å². The lowest BCUT2D eigenvalue weighted by Gasteiger charge is -2.36. The van der Waals surface area contributed by atoms with Crippen molar-refractivity contribution in [2.75, 3.05) is 0 Å². The Hall–Kier alpha value is -1.09. The first-order chi connectivity index (χ1) is 9.69. The molecule has 0 spiro atoms. The average Bonchev–Trinajstić information content (AvgIpc) is 2.32. The van der Waals surface area contributed by atoms with Crippen molar-refractivity contribution >= 4 is 14.1 Å². The molecule has 0 aromatic heterocycles. The summed E-state index contributed by atoms with van der Waals surface area (Å²) in [6, 6.07) is 7.75. The molecule has 0 unspecified atom stereocenters. The van der Waals surface area contributed by atoms with E-state index in [-0.39, 0.29) is 10.8 Å². The summed E-state index contributed by atoms with van der Waals surface area (Å²) in [4.78, 5) is 12.2. The Labute approximate surface area is 130 Å². The normalized spacial score (nSPS) is 16.4. The van der Waals surface area contributed by atoms with Gasteiger partial charge in [-0.2, -0.15) is 0 Å². The number of hydrogen-bond donors (Lipinski definition) is 0. The van der Waals surface area contributed by atoms with Gasteiger partial charge in [0.05, 0.1) is 0 Å². The van der Waals surface area contributed by atoms with Crippen molar-refractivity contribution in [1.29, 1.82) is 0 Å². The summed E-state index contributed by atoms with van der Waals surface area (Å²) >= 11 is 0. The molecular formula is C18H28O2Si. The molecule has 0 bridgehead atoms. The summed E-state index contributed by atoms with van der Waals surface area (Å²) < 4.78 is 6.24. The van der Waals surface area contributed by atoms with Crippen LogP contribution in [0, 0.1) is 5.92 Å². The summed E-state index contributed by atoms with van der Waals surface area (Å²) in [5.74, 6) is 1.79. The Morgan fingerprint density at radius 3 is 2.19 bits per heavy atom. The number of benzene rings is 1. The Morgan fingerprint density at radius 2 is 1.76 bits per heavy atom. The Kier molecular flexibility index (Phi) is 4.62. The van der Waals surface area contributed by atoms with E-state index in [9.17, 15) is 4.79 Å². The van der Waals surface area contributed by atoms with E-state index in [1.807, 2.05) is 24.3 Å². The van der Waals surface area contributed by atoms with Crippen molar-refractivity contribution in [1.82, 2.24) is 0 Å². The second-order valence-electron chi connectivity index (χ2n) is 7.81. The van der Waals surface area contributed by atoms with E-state index in [4.69, 9.17) is 4.43 Å². The quantitative estimate of drug-likeness (QED) is 0.534. The fourth-order valence-corrected chi connectivity index (χ4v) is 3.27. The lowest BCUT2D eigenvalue weighted by Crippen LogP contribution is -2.43. The van der Waals surface area contributed by atoms with Crippen LogP contribution in [0.4, 0.5) is 0 Å². The van der Waals surface area contributed by atoms with Crippen LogP contribution in [0.3, 0.4) is 0 Å². The molecule has 1 fully saturated rings. The third-order valence-corrected chi connectivity index (χ3v) is 9.41. The molecule has 2 rings (SSSR count). The number of ketones is 1. The van der Waals surface area contributed by atoms with Gasteiger partial charge < -0.3 is 4.43 Å². The van der Waals surface area contributed by atoms with Crippen molar-refractivity contribution in [2.24, 2.45) is 5.92 Å². The molecule has 21 heavy (non-hydrogen) atoms. The summed E-state index contributed by atoms with van der Waals surface area (Å²) in [6.07, 6.45) is 4.44. The molecule has 0 radical (unpaired) electrons. The number of rotatable bonds is 5. The van der Waals surface area contributed by atoms with E-state index in [1.165, 1.54) is 19.3 Å². The largest absolute Gasteiger partial charge is 0.544 e. The van der Waals surface area contributed by atoms with Crippen LogP contribution >= 0.6 is 0 Å². The highest BCUT2D eigenvalue weighted by molar-refractivity contribution is 6.74. The molecule has 0 N–H and O–H groups in total. The molecule has 0 aliphatic heterocycles. The third-order valence-electron chi connectivity index (χ3n) is 5.05. The lowest BCUT2D eigenvalue weighted by molar-refractivity contribution is 0.0936. The van der Waals surface area contributed by atoms with Crippen molar-refractivity contribution in [3.05, 3.63) is 29.8 Å². The van der Waals surface area contributed by atoms with E-state index in [2.05, 4.69) is 33.9 Å². The summed E-state index contributed by atoms with van der Waals surface area (Å²) in [5.41, 5.74) is 0.824. The number of Topliss-reactive ketones (excluding diaryl/α,β-unsaturated/α-hetero) is 1. The molecular weight excluding hydrogens is 276 g/mol. The smallest absolute Gasteiger partial charge is 0.250 e. The molecule has 1 aliphatic rings. The van der Waals surface area contributed by atoms with Gasteiger partial charge in [-0.3, -0.25) is 4.79 Å². The minimum absolute atomic E-state index is 0.186. The maximum Gasteiger partial charge on any atom is 0.250 e. The second-order valence-corrected chi connectivity index (χ2v) is 12.5. The number of carbonyl (C=O) groups excluding carboxylic acids is 1. The monoisotopic (exact) mass is 304 g/mol. The molecule has 0 amide bonds. The fraction of sp³-hybridized carbons (Fsp3) is 0.611. The van der Waals surface area contributed by atoms with E-state index in [0.717, 1.165) is 11.3 Å². The third kappa shape index (κ3) is 3.97. The van der Waals surface area contributed by atoms with E-state index >= 15 is 0 Å². The Morgan fingerprint density at radius 1 is 1.19 bits per heavy atom. The molecule has 0 heterocycles. The second kappa shape index (κ2) is 5.96. The van der Waals surface area contributed by atoms with Gasteiger partial charge in [-0.25, -0.2) is 0 Å². The van der Waals surface area contributed by atoms with Crippen LogP contribution in [0.2, 0.25) is 18.1 Å². The van der Waals surface area contributed by atoms with Gasteiger partial charge >= 0.3 is 0 Å². The standard InChI is InChI=1S/C18H28O2Si/c1-18(2,3)21(4,5)20-16-11-9-15(10-12-16)17(19)13-14-7-6-8-14/h9-12,14H,6-8,13H2,1-5H3. The highest BCUT2D eigenvalue weighted by Gasteiger charge is 2.38. The molecule has 3 heteroatoms. The SMILES string of the molecule is CC(C)(C)[Si](C)(C)Oc1ccc(C(=O)CC2CCC2)cc1. The molecule has 0 saturated heterocycles. The van der Waals surface area contributed by atoms with Crippen LogP contribution in [0.5, 0.6) is 5.75 Å². The fourth-order valence-electron chi connectivity index (χ4n) is 2.23. The van der Waals surface area contributed by atoms with Crippen molar-refractivity contribution in [3.63, 3.8) is 0 Å². The predicted octanol–water partition coefficient (Wildman–Crippen LogP) is 5.44. The molecule has 116 valence electrons. The first-order valence-corrected chi connectivity index (χ1v) is 10.9. The minimum atomic E-state index is -1.80. The van der Waals surface area contributed by atoms with Crippen LogP contribution in [0.15, 0.2) is 24.3 Å². The average molecular weight is 305 g/mol.